The van der Waals surface area contributed by atoms with Crippen molar-refractivity contribution in [3.63, 3.8) is 0 Å². The summed E-state index contributed by atoms with van der Waals surface area (Å²) in [4.78, 5) is 4.25. The molecule has 0 radical (unpaired) electrons. The molecule has 0 amide bonds. The van der Waals surface area contributed by atoms with Crippen LogP contribution < -0.4 is 5.32 Å². The Hall–Kier alpha value is -0.250. The summed E-state index contributed by atoms with van der Waals surface area (Å²) in [6.45, 7) is 1.17. The predicted octanol–water partition coefficient (Wildman–Crippen LogP) is 3.36. The normalized spacial score (nSPS) is 15.3. The van der Waals surface area contributed by atoms with Crippen LogP contribution in [-0.2, 0) is 0 Å². The fourth-order valence-electron chi connectivity index (χ4n) is 1.45. The third-order valence-corrected chi connectivity index (χ3v) is 3.79. The molecule has 1 aromatic heterocycles. The number of thioether (sulfide) groups is 1. The number of rotatable bonds is 7. The van der Waals surface area contributed by atoms with Gasteiger partial charge in [0.2, 0.25) is 0 Å². The lowest BCUT2D eigenvalue weighted by molar-refractivity contribution is 0.640. The van der Waals surface area contributed by atoms with Crippen LogP contribution in [0.3, 0.4) is 0 Å². The zero-order valence-corrected chi connectivity index (χ0v) is 10.9. The zero-order valence-electron chi connectivity index (χ0n) is 9.29. The number of halogens is 1. The van der Waals surface area contributed by atoms with Crippen molar-refractivity contribution in [2.75, 3.05) is 12.3 Å². The number of unbranched alkanes of at least 4 members (excludes halogenated alkanes) is 1. The summed E-state index contributed by atoms with van der Waals surface area (Å²) in [5.41, 5.74) is 0. The van der Waals surface area contributed by atoms with Crippen molar-refractivity contribution in [2.24, 2.45) is 0 Å². The molecule has 1 fully saturated rings. The van der Waals surface area contributed by atoms with Gasteiger partial charge in [0.25, 0.3) is 0 Å². The van der Waals surface area contributed by atoms with Crippen LogP contribution in [0.5, 0.6) is 0 Å². The Morgan fingerprint density at radius 2 is 2.25 bits per heavy atom. The maximum atomic E-state index is 5.77. The molecule has 1 saturated carbocycles. The monoisotopic (exact) mass is 256 g/mol. The van der Waals surface area contributed by atoms with Crippen molar-refractivity contribution in [1.29, 1.82) is 0 Å². The molecule has 1 heterocycles. The van der Waals surface area contributed by atoms with Crippen LogP contribution in [0, 0.1) is 0 Å². The van der Waals surface area contributed by atoms with Crippen LogP contribution in [0.4, 0.5) is 0 Å². The minimum atomic E-state index is 0.706. The molecular formula is C12H17ClN2S. The average molecular weight is 257 g/mol. The van der Waals surface area contributed by atoms with Crippen LogP contribution in [-0.4, -0.2) is 23.3 Å². The second-order valence-corrected chi connectivity index (χ2v) is 5.65. The molecule has 0 bridgehead atoms. The summed E-state index contributed by atoms with van der Waals surface area (Å²) in [7, 11) is 0. The standard InChI is InChI=1S/C12H17ClN2S/c13-10-3-6-12(15-9-10)16-8-2-1-7-14-11-4-5-11/h3,6,9,11,14H,1-2,4-5,7-8H2. The highest BCUT2D eigenvalue weighted by Crippen LogP contribution is 2.20. The molecule has 2 nitrogen and oxygen atoms in total. The highest BCUT2D eigenvalue weighted by atomic mass is 35.5. The fraction of sp³-hybridized carbons (Fsp3) is 0.583. The van der Waals surface area contributed by atoms with Crippen molar-refractivity contribution in [3.05, 3.63) is 23.4 Å². The van der Waals surface area contributed by atoms with E-state index in [4.69, 9.17) is 11.6 Å². The molecule has 16 heavy (non-hydrogen) atoms. The van der Waals surface area contributed by atoms with Crippen LogP contribution >= 0.6 is 23.4 Å². The lowest BCUT2D eigenvalue weighted by Gasteiger charge is -2.02. The van der Waals surface area contributed by atoms with E-state index in [2.05, 4.69) is 10.3 Å². The van der Waals surface area contributed by atoms with E-state index < -0.39 is 0 Å². The van der Waals surface area contributed by atoms with Crippen LogP contribution in [0.1, 0.15) is 25.7 Å². The van der Waals surface area contributed by atoms with E-state index >= 15 is 0 Å². The molecule has 0 aromatic carbocycles. The van der Waals surface area contributed by atoms with E-state index in [1.54, 1.807) is 18.0 Å². The van der Waals surface area contributed by atoms with E-state index in [1.165, 1.54) is 32.2 Å². The van der Waals surface area contributed by atoms with Crippen molar-refractivity contribution in [1.82, 2.24) is 10.3 Å². The van der Waals surface area contributed by atoms with E-state index in [9.17, 15) is 0 Å². The second kappa shape index (κ2) is 6.48. The zero-order chi connectivity index (χ0) is 11.2. The Morgan fingerprint density at radius 1 is 1.38 bits per heavy atom. The van der Waals surface area contributed by atoms with E-state index in [-0.39, 0.29) is 0 Å². The summed E-state index contributed by atoms with van der Waals surface area (Å²) in [6, 6.07) is 4.71. The first-order valence-corrected chi connectivity index (χ1v) is 7.19. The Bertz CT molecular complexity index is 311. The summed E-state index contributed by atoms with van der Waals surface area (Å²) in [6.07, 6.45) is 6.97. The van der Waals surface area contributed by atoms with Gasteiger partial charge in [-0.3, -0.25) is 0 Å². The number of pyridine rings is 1. The molecule has 2 rings (SSSR count). The Morgan fingerprint density at radius 3 is 2.94 bits per heavy atom. The first kappa shape index (κ1) is 12.2. The van der Waals surface area contributed by atoms with E-state index in [0.29, 0.717) is 5.02 Å². The predicted molar refractivity (Wildman–Crippen MR) is 70.2 cm³/mol. The molecule has 0 atom stereocenters. The average Bonchev–Trinajstić information content (AvgIpc) is 3.10. The van der Waals surface area contributed by atoms with Gasteiger partial charge in [-0.25, -0.2) is 4.98 Å². The Balaban J connectivity index is 1.51. The maximum Gasteiger partial charge on any atom is 0.0960 e. The number of nitrogens with one attached hydrogen (secondary N) is 1. The third kappa shape index (κ3) is 4.73. The molecule has 0 spiro atoms. The smallest absolute Gasteiger partial charge is 0.0960 e. The Kier molecular flexibility index (Phi) is 4.94. The number of hydrogen-bond donors (Lipinski definition) is 1. The van der Waals surface area contributed by atoms with E-state index in [1.807, 2.05) is 12.1 Å². The SMILES string of the molecule is Clc1ccc(SCCCCNC2CC2)nc1. The summed E-state index contributed by atoms with van der Waals surface area (Å²) >= 11 is 7.58. The van der Waals surface area contributed by atoms with Gasteiger partial charge < -0.3 is 5.32 Å². The highest BCUT2D eigenvalue weighted by Gasteiger charge is 2.19. The van der Waals surface area contributed by atoms with Gasteiger partial charge in [-0.1, -0.05) is 11.6 Å². The molecule has 0 unspecified atom stereocenters. The summed E-state index contributed by atoms with van der Waals surface area (Å²) in [5, 5.41) is 5.30. The topological polar surface area (TPSA) is 24.9 Å². The minimum absolute atomic E-state index is 0.706. The Labute approximate surface area is 106 Å². The molecule has 0 saturated heterocycles. The molecule has 88 valence electrons. The summed E-state index contributed by atoms with van der Waals surface area (Å²) in [5.74, 6) is 1.14. The largest absolute Gasteiger partial charge is 0.314 e. The van der Waals surface area contributed by atoms with Gasteiger partial charge in [0.1, 0.15) is 0 Å². The van der Waals surface area contributed by atoms with Crippen molar-refractivity contribution >= 4 is 23.4 Å². The summed E-state index contributed by atoms with van der Waals surface area (Å²) < 4.78 is 0. The maximum absolute atomic E-state index is 5.77. The van der Waals surface area contributed by atoms with Gasteiger partial charge in [-0.15, -0.1) is 11.8 Å². The molecule has 1 aliphatic rings. The van der Waals surface area contributed by atoms with Gasteiger partial charge in [-0.2, -0.15) is 0 Å². The molecule has 0 aliphatic heterocycles. The number of aromatic nitrogens is 1. The molecule has 1 N–H and O–H groups in total. The molecule has 1 aliphatic carbocycles. The fourth-order valence-corrected chi connectivity index (χ4v) is 2.41. The van der Waals surface area contributed by atoms with Gasteiger partial charge in [0.05, 0.1) is 10.0 Å². The highest BCUT2D eigenvalue weighted by molar-refractivity contribution is 7.99. The van der Waals surface area contributed by atoms with Gasteiger partial charge in [-0.05, 0) is 50.1 Å². The van der Waals surface area contributed by atoms with E-state index in [0.717, 1.165) is 16.8 Å². The molecule has 1 aromatic rings. The third-order valence-electron chi connectivity index (χ3n) is 2.53. The quantitative estimate of drug-likeness (QED) is 0.598. The first-order valence-electron chi connectivity index (χ1n) is 5.82. The van der Waals surface area contributed by atoms with Crippen molar-refractivity contribution < 1.29 is 0 Å². The van der Waals surface area contributed by atoms with Gasteiger partial charge in [0, 0.05) is 12.2 Å². The van der Waals surface area contributed by atoms with Crippen LogP contribution in [0.15, 0.2) is 23.4 Å². The lowest BCUT2D eigenvalue weighted by atomic mass is 10.3. The van der Waals surface area contributed by atoms with Crippen molar-refractivity contribution in [2.45, 2.75) is 36.8 Å². The van der Waals surface area contributed by atoms with Crippen molar-refractivity contribution in [3.8, 4) is 0 Å². The second-order valence-electron chi connectivity index (χ2n) is 4.10. The van der Waals surface area contributed by atoms with Gasteiger partial charge >= 0.3 is 0 Å². The molecular weight excluding hydrogens is 240 g/mol. The molecule has 4 heteroatoms. The number of hydrogen-bond acceptors (Lipinski definition) is 3. The van der Waals surface area contributed by atoms with Gasteiger partial charge in [0.15, 0.2) is 0 Å². The number of nitrogens with zero attached hydrogens (tertiary/aromatic N) is 1. The van der Waals surface area contributed by atoms with Crippen LogP contribution in [0.25, 0.3) is 0 Å². The van der Waals surface area contributed by atoms with Crippen LogP contribution in [0.2, 0.25) is 5.02 Å². The minimum Gasteiger partial charge on any atom is -0.314 e. The lowest BCUT2D eigenvalue weighted by Crippen LogP contribution is -2.17. The first-order chi connectivity index (χ1) is 7.84.